The van der Waals surface area contributed by atoms with Gasteiger partial charge >= 0.3 is 0 Å². The first-order chi connectivity index (χ1) is 11.6. The molecule has 1 heterocycles. The molecule has 0 saturated heterocycles. The molecule has 0 fully saturated rings. The molecule has 0 aromatic heterocycles. The molecule has 0 aliphatic carbocycles. The molecule has 0 radical (unpaired) electrons. The molecule has 2 aromatic rings. The summed E-state index contributed by atoms with van der Waals surface area (Å²) in [5.74, 6) is 0.895. The average molecular weight is 327 g/mol. The highest BCUT2D eigenvalue weighted by atomic mass is 19.1. The van der Waals surface area contributed by atoms with Gasteiger partial charge in [0.25, 0.3) is 0 Å². The molecule has 1 aliphatic rings. The maximum absolute atomic E-state index is 12.8. The Labute approximate surface area is 139 Å². The predicted molar refractivity (Wildman–Crippen MR) is 89.4 cm³/mol. The third-order valence-electron chi connectivity index (χ3n) is 3.72. The Balaban J connectivity index is 1.62. The summed E-state index contributed by atoms with van der Waals surface area (Å²) in [4.78, 5) is 12.0. The van der Waals surface area contributed by atoms with Crippen molar-refractivity contribution in [2.75, 3.05) is 13.2 Å². The van der Waals surface area contributed by atoms with Crippen molar-refractivity contribution in [3.05, 3.63) is 65.5 Å². The lowest BCUT2D eigenvalue weighted by atomic mass is 10.1. The Morgan fingerprint density at radius 1 is 1.12 bits per heavy atom. The average Bonchev–Trinajstić information content (AvgIpc) is 2.61. The summed E-state index contributed by atoms with van der Waals surface area (Å²) in [5.41, 5.74) is 1.70. The van der Waals surface area contributed by atoms with Gasteiger partial charge < -0.3 is 14.8 Å². The molecular weight excluding hydrogens is 309 g/mol. The summed E-state index contributed by atoms with van der Waals surface area (Å²) < 4.78 is 23.9. The number of rotatable bonds is 4. The number of fused-ring (bicyclic) bond motifs is 1. The molecule has 2 aromatic carbocycles. The van der Waals surface area contributed by atoms with Gasteiger partial charge in [0.05, 0.1) is 6.04 Å². The highest BCUT2D eigenvalue weighted by molar-refractivity contribution is 5.91. The van der Waals surface area contributed by atoms with Crippen LogP contribution in [0.3, 0.4) is 0 Å². The van der Waals surface area contributed by atoms with Crippen molar-refractivity contribution in [1.29, 1.82) is 0 Å². The fourth-order valence-electron chi connectivity index (χ4n) is 2.42. The molecule has 0 unspecified atom stereocenters. The van der Waals surface area contributed by atoms with Crippen LogP contribution in [0.1, 0.15) is 24.1 Å². The second-order valence-electron chi connectivity index (χ2n) is 5.52. The monoisotopic (exact) mass is 327 g/mol. The van der Waals surface area contributed by atoms with Gasteiger partial charge in [0.2, 0.25) is 5.91 Å². The normalized spacial score (nSPS) is 14.4. The number of halogens is 1. The van der Waals surface area contributed by atoms with Gasteiger partial charge in [-0.25, -0.2) is 4.39 Å². The van der Waals surface area contributed by atoms with Crippen LogP contribution in [0.4, 0.5) is 4.39 Å². The first-order valence-corrected chi connectivity index (χ1v) is 7.75. The van der Waals surface area contributed by atoms with Gasteiger partial charge in [-0.2, -0.15) is 0 Å². The summed E-state index contributed by atoms with van der Waals surface area (Å²) in [7, 11) is 0. The van der Waals surface area contributed by atoms with Crippen molar-refractivity contribution in [3.8, 4) is 11.5 Å². The molecule has 1 aliphatic heterocycles. The largest absolute Gasteiger partial charge is 0.486 e. The Hall–Kier alpha value is -2.82. The minimum absolute atomic E-state index is 0.175. The van der Waals surface area contributed by atoms with E-state index >= 15 is 0 Å². The Kier molecular flexibility index (Phi) is 4.79. The van der Waals surface area contributed by atoms with E-state index in [0.29, 0.717) is 19.0 Å². The number of benzene rings is 2. The number of ether oxygens (including phenoxy) is 2. The lowest BCUT2D eigenvalue weighted by Crippen LogP contribution is -2.25. The van der Waals surface area contributed by atoms with E-state index in [4.69, 9.17) is 9.47 Å². The van der Waals surface area contributed by atoms with Gasteiger partial charge in [0.15, 0.2) is 11.5 Å². The third kappa shape index (κ3) is 3.93. The highest BCUT2D eigenvalue weighted by Gasteiger charge is 2.15. The summed E-state index contributed by atoms with van der Waals surface area (Å²) in [6.07, 6.45) is 3.08. The highest BCUT2D eigenvalue weighted by Crippen LogP contribution is 2.32. The van der Waals surface area contributed by atoms with Crippen LogP contribution in [0.25, 0.3) is 6.08 Å². The number of amides is 1. The van der Waals surface area contributed by atoms with Crippen molar-refractivity contribution >= 4 is 12.0 Å². The minimum Gasteiger partial charge on any atom is -0.486 e. The third-order valence-corrected chi connectivity index (χ3v) is 3.72. The van der Waals surface area contributed by atoms with Crippen molar-refractivity contribution in [2.45, 2.75) is 13.0 Å². The smallest absolute Gasteiger partial charge is 0.244 e. The van der Waals surface area contributed by atoms with E-state index in [1.165, 1.54) is 18.2 Å². The molecule has 5 heteroatoms. The summed E-state index contributed by atoms with van der Waals surface area (Å²) in [6.45, 7) is 2.97. The number of hydrogen-bond donors (Lipinski definition) is 1. The van der Waals surface area contributed by atoms with Gasteiger partial charge in [-0.15, -0.1) is 0 Å². The standard InChI is InChI=1S/C19H18FNO3/c1-13(15-5-8-17-18(12-15)24-11-10-23-17)21-19(22)9-4-14-2-6-16(20)7-3-14/h2-9,12-13H,10-11H2,1H3,(H,21,22)/b9-4+/t13-/m1/s1. The summed E-state index contributed by atoms with van der Waals surface area (Å²) in [6, 6.07) is 11.4. The van der Waals surface area contributed by atoms with Crippen molar-refractivity contribution < 1.29 is 18.7 Å². The predicted octanol–water partition coefficient (Wildman–Crippen LogP) is 3.49. The molecule has 0 spiro atoms. The topological polar surface area (TPSA) is 47.6 Å². The van der Waals surface area contributed by atoms with Gasteiger partial charge in [0.1, 0.15) is 19.0 Å². The molecular formula is C19H18FNO3. The molecule has 3 rings (SSSR count). The Morgan fingerprint density at radius 2 is 1.83 bits per heavy atom. The second kappa shape index (κ2) is 7.17. The number of carbonyl (C=O) groups is 1. The van der Waals surface area contributed by atoms with E-state index in [0.717, 1.165) is 16.9 Å². The first kappa shape index (κ1) is 16.1. The van der Waals surface area contributed by atoms with Crippen LogP contribution in [0.5, 0.6) is 11.5 Å². The lowest BCUT2D eigenvalue weighted by molar-refractivity contribution is -0.117. The van der Waals surface area contributed by atoms with Crippen LogP contribution in [-0.2, 0) is 4.79 Å². The fourth-order valence-corrected chi connectivity index (χ4v) is 2.42. The molecule has 124 valence electrons. The molecule has 1 atom stereocenters. The zero-order chi connectivity index (χ0) is 16.9. The molecule has 4 nitrogen and oxygen atoms in total. The first-order valence-electron chi connectivity index (χ1n) is 7.75. The van der Waals surface area contributed by atoms with E-state index < -0.39 is 0 Å². The van der Waals surface area contributed by atoms with E-state index in [2.05, 4.69) is 5.32 Å². The van der Waals surface area contributed by atoms with E-state index in [1.54, 1.807) is 18.2 Å². The van der Waals surface area contributed by atoms with Crippen LogP contribution >= 0.6 is 0 Å². The molecule has 0 bridgehead atoms. The zero-order valence-electron chi connectivity index (χ0n) is 13.3. The number of carbonyl (C=O) groups excluding carboxylic acids is 1. The van der Waals surface area contributed by atoms with Crippen LogP contribution in [-0.4, -0.2) is 19.1 Å². The van der Waals surface area contributed by atoms with Gasteiger partial charge in [-0.05, 0) is 48.4 Å². The number of nitrogens with one attached hydrogen (secondary N) is 1. The van der Waals surface area contributed by atoms with E-state index in [-0.39, 0.29) is 17.8 Å². The molecule has 1 amide bonds. The Bertz CT molecular complexity index is 756. The molecule has 1 N–H and O–H groups in total. The summed E-state index contributed by atoms with van der Waals surface area (Å²) >= 11 is 0. The minimum atomic E-state index is -0.302. The van der Waals surface area contributed by atoms with Crippen molar-refractivity contribution in [3.63, 3.8) is 0 Å². The van der Waals surface area contributed by atoms with Crippen LogP contribution in [0, 0.1) is 5.82 Å². The van der Waals surface area contributed by atoms with Crippen molar-refractivity contribution in [2.24, 2.45) is 0 Å². The fraction of sp³-hybridized carbons (Fsp3) is 0.211. The summed E-state index contributed by atoms with van der Waals surface area (Å²) in [5, 5.41) is 2.89. The zero-order valence-corrected chi connectivity index (χ0v) is 13.3. The molecule has 0 saturated carbocycles. The lowest BCUT2D eigenvalue weighted by Gasteiger charge is -2.20. The van der Waals surface area contributed by atoms with Crippen LogP contribution in [0.2, 0.25) is 0 Å². The van der Waals surface area contributed by atoms with E-state index in [9.17, 15) is 9.18 Å². The SMILES string of the molecule is C[C@@H](NC(=O)/C=C/c1ccc(F)cc1)c1ccc2c(c1)OCCO2. The quantitative estimate of drug-likeness (QED) is 0.875. The number of hydrogen-bond acceptors (Lipinski definition) is 3. The maximum Gasteiger partial charge on any atom is 0.244 e. The molecule has 24 heavy (non-hydrogen) atoms. The van der Waals surface area contributed by atoms with E-state index in [1.807, 2.05) is 25.1 Å². The van der Waals surface area contributed by atoms with Gasteiger partial charge in [0, 0.05) is 6.08 Å². The Morgan fingerprint density at radius 3 is 2.58 bits per heavy atom. The maximum atomic E-state index is 12.8. The van der Waals surface area contributed by atoms with Gasteiger partial charge in [-0.3, -0.25) is 4.79 Å². The van der Waals surface area contributed by atoms with Crippen LogP contribution < -0.4 is 14.8 Å². The second-order valence-corrected chi connectivity index (χ2v) is 5.52. The van der Waals surface area contributed by atoms with Gasteiger partial charge in [-0.1, -0.05) is 18.2 Å². The van der Waals surface area contributed by atoms with Crippen molar-refractivity contribution in [1.82, 2.24) is 5.32 Å². The van der Waals surface area contributed by atoms with Crippen LogP contribution in [0.15, 0.2) is 48.5 Å².